The minimum atomic E-state index is -0.362. The number of carbonyl (C=O) groups excluding carboxylic acids is 2. The summed E-state index contributed by atoms with van der Waals surface area (Å²) >= 11 is 0. The first kappa shape index (κ1) is 20.3. The molecule has 1 N–H and O–H groups in total. The summed E-state index contributed by atoms with van der Waals surface area (Å²) in [6, 6.07) is 13.8. The Morgan fingerprint density at radius 2 is 1.90 bits per heavy atom. The summed E-state index contributed by atoms with van der Waals surface area (Å²) in [4.78, 5) is 27.1. The summed E-state index contributed by atoms with van der Waals surface area (Å²) < 4.78 is 11.2. The van der Waals surface area contributed by atoms with Gasteiger partial charge in [0.15, 0.2) is 11.5 Å². The first-order valence-electron chi connectivity index (χ1n) is 10.4. The van der Waals surface area contributed by atoms with Crippen molar-refractivity contribution in [1.29, 1.82) is 0 Å². The van der Waals surface area contributed by atoms with Gasteiger partial charge in [0.1, 0.15) is 13.2 Å². The van der Waals surface area contributed by atoms with Crippen molar-refractivity contribution in [3.05, 3.63) is 53.6 Å². The van der Waals surface area contributed by atoms with Crippen LogP contribution in [0.2, 0.25) is 0 Å². The zero-order valence-corrected chi connectivity index (χ0v) is 17.7. The lowest BCUT2D eigenvalue weighted by atomic mass is 9.84. The Hall–Kier alpha value is -3.02. The summed E-state index contributed by atoms with van der Waals surface area (Å²) in [5, 5.41) is 3.06. The van der Waals surface area contributed by atoms with Crippen LogP contribution in [0.1, 0.15) is 31.4 Å². The molecule has 2 amide bonds. The van der Waals surface area contributed by atoms with Gasteiger partial charge in [0, 0.05) is 36.7 Å². The monoisotopic (exact) mass is 408 g/mol. The fourth-order valence-electron chi connectivity index (χ4n) is 3.95. The van der Waals surface area contributed by atoms with Crippen molar-refractivity contribution >= 4 is 17.5 Å². The Labute approximate surface area is 177 Å². The largest absolute Gasteiger partial charge is 0.486 e. The quantitative estimate of drug-likeness (QED) is 0.825. The molecule has 0 radical (unpaired) electrons. The number of nitrogens with one attached hydrogen (secondary N) is 1. The van der Waals surface area contributed by atoms with E-state index in [0.29, 0.717) is 37.8 Å². The lowest BCUT2D eigenvalue weighted by Crippen LogP contribution is -2.40. The summed E-state index contributed by atoms with van der Waals surface area (Å²) in [5.41, 5.74) is 2.92. The standard InChI is InChI=1S/C24H28N2O4/c1-16-5-4-6-18(11-16)24(2,3)15-25-23(28)17-12-22(27)26(14-17)19-7-8-20-21(13-19)30-10-9-29-20/h4-8,11,13,17H,9-10,12,14-15H2,1-3H3,(H,25,28). The van der Waals surface area contributed by atoms with E-state index in [2.05, 4.69) is 44.3 Å². The van der Waals surface area contributed by atoms with Gasteiger partial charge in [-0.05, 0) is 24.6 Å². The van der Waals surface area contributed by atoms with E-state index in [1.165, 1.54) is 11.1 Å². The number of aryl methyl sites for hydroxylation is 1. The maximum Gasteiger partial charge on any atom is 0.227 e. The zero-order chi connectivity index (χ0) is 21.3. The van der Waals surface area contributed by atoms with E-state index < -0.39 is 0 Å². The van der Waals surface area contributed by atoms with Crippen LogP contribution in [0.4, 0.5) is 5.69 Å². The molecule has 1 atom stereocenters. The number of anilines is 1. The first-order valence-corrected chi connectivity index (χ1v) is 10.4. The van der Waals surface area contributed by atoms with Gasteiger partial charge in [-0.2, -0.15) is 0 Å². The fraction of sp³-hybridized carbons (Fsp3) is 0.417. The van der Waals surface area contributed by atoms with Crippen LogP contribution in [-0.4, -0.2) is 38.1 Å². The van der Waals surface area contributed by atoms with Gasteiger partial charge in [0.2, 0.25) is 11.8 Å². The van der Waals surface area contributed by atoms with Gasteiger partial charge in [-0.3, -0.25) is 9.59 Å². The Bertz CT molecular complexity index is 969. The van der Waals surface area contributed by atoms with Gasteiger partial charge >= 0.3 is 0 Å². The maximum absolute atomic E-state index is 12.8. The minimum absolute atomic E-state index is 0.0511. The third kappa shape index (κ3) is 4.13. The van der Waals surface area contributed by atoms with Crippen LogP contribution in [0.3, 0.4) is 0 Å². The van der Waals surface area contributed by atoms with Crippen LogP contribution in [0, 0.1) is 12.8 Å². The normalized spacial score (nSPS) is 18.4. The fourth-order valence-corrected chi connectivity index (χ4v) is 3.95. The van der Waals surface area contributed by atoms with E-state index >= 15 is 0 Å². The summed E-state index contributed by atoms with van der Waals surface area (Å²) in [5.74, 6) is 0.830. The molecule has 2 aromatic carbocycles. The third-order valence-corrected chi connectivity index (χ3v) is 5.84. The summed E-state index contributed by atoms with van der Waals surface area (Å²) in [6.45, 7) is 8.20. The highest BCUT2D eigenvalue weighted by molar-refractivity contribution is 6.00. The number of amides is 2. The number of ether oxygens (including phenoxy) is 2. The predicted molar refractivity (Wildman–Crippen MR) is 115 cm³/mol. The molecule has 30 heavy (non-hydrogen) atoms. The maximum atomic E-state index is 12.8. The van der Waals surface area contributed by atoms with Crippen LogP contribution >= 0.6 is 0 Å². The van der Waals surface area contributed by atoms with E-state index in [0.717, 1.165) is 5.69 Å². The van der Waals surface area contributed by atoms with Gasteiger partial charge in [-0.15, -0.1) is 0 Å². The number of nitrogens with zero attached hydrogens (tertiary/aromatic N) is 1. The molecule has 2 heterocycles. The molecule has 0 saturated carbocycles. The van der Waals surface area contributed by atoms with Crippen molar-refractivity contribution in [1.82, 2.24) is 5.32 Å². The third-order valence-electron chi connectivity index (χ3n) is 5.84. The molecular formula is C24H28N2O4. The molecule has 0 spiro atoms. The van der Waals surface area contributed by atoms with Gasteiger partial charge < -0.3 is 19.7 Å². The van der Waals surface area contributed by atoms with E-state index in [-0.39, 0.29) is 29.6 Å². The highest BCUT2D eigenvalue weighted by Crippen LogP contribution is 2.36. The van der Waals surface area contributed by atoms with Crippen molar-refractivity contribution in [3.63, 3.8) is 0 Å². The van der Waals surface area contributed by atoms with Crippen LogP contribution in [-0.2, 0) is 15.0 Å². The summed E-state index contributed by atoms with van der Waals surface area (Å²) in [6.07, 6.45) is 0.213. The van der Waals surface area contributed by atoms with Crippen LogP contribution < -0.4 is 19.7 Å². The molecule has 2 aliphatic rings. The number of hydrogen-bond acceptors (Lipinski definition) is 4. The SMILES string of the molecule is Cc1cccc(C(C)(C)CNC(=O)C2CC(=O)N(c3ccc4c(c3)OCCO4)C2)c1. The number of rotatable bonds is 5. The highest BCUT2D eigenvalue weighted by Gasteiger charge is 2.36. The van der Waals surface area contributed by atoms with Crippen molar-refractivity contribution in [3.8, 4) is 11.5 Å². The van der Waals surface area contributed by atoms with Gasteiger partial charge in [-0.1, -0.05) is 43.7 Å². The molecule has 0 aromatic heterocycles. The lowest BCUT2D eigenvalue weighted by molar-refractivity contribution is -0.126. The lowest BCUT2D eigenvalue weighted by Gasteiger charge is -2.27. The minimum Gasteiger partial charge on any atom is -0.486 e. The zero-order valence-electron chi connectivity index (χ0n) is 17.7. The highest BCUT2D eigenvalue weighted by atomic mass is 16.6. The summed E-state index contributed by atoms with van der Waals surface area (Å²) in [7, 11) is 0. The van der Waals surface area contributed by atoms with Crippen molar-refractivity contribution < 1.29 is 19.1 Å². The second-order valence-electron chi connectivity index (χ2n) is 8.70. The van der Waals surface area contributed by atoms with E-state index in [1.807, 2.05) is 24.3 Å². The van der Waals surface area contributed by atoms with Crippen LogP contribution in [0.5, 0.6) is 11.5 Å². The Morgan fingerprint density at radius 3 is 2.67 bits per heavy atom. The molecule has 2 aliphatic heterocycles. The smallest absolute Gasteiger partial charge is 0.227 e. The van der Waals surface area contributed by atoms with E-state index in [9.17, 15) is 9.59 Å². The topological polar surface area (TPSA) is 67.9 Å². The van der Waals surface area contributed by atoms with Gasteiger partial charge in [0.25, 0.3) is 0 Å². The molecule has 1 fully saturated rings. The average molecular weight is 408 g/mol. The number of fused-ring (bicyclic) bond motifs is 1. The van der Waals surface area contributed by atoms with Crippen molar-refractivity contribution in [2.75, 3.05) is 31.2 Å². The second-order valence-corrected chi connectivity index (χ2v) is 8.70. The van der Waals surface area contributed by atoms with Gasteiger partial charge in [0.05, 0.1) is 5.92 Å². The van der Waals surface area contributed by atoms with E-state index in [1.54, 1.807) is 4.90 Å². The molecule has 1 saturated heterocycles. The first-order chi connectivity index (χ1) is 14.3. The van der Waals surface area contributed by atoms with Crippen LogP contribution in [0.25, 0.3) is 0 Å². The molecule has 0 bridgehead atoms. The van der Waals surface area contributed by atoms with Crippen LogP contribution in [0.15, 0.2) is 42.5 Å². The molecule has 158 valence electrons. The molecule has 4 rings (SSSR count). The average Bonchev–Trinajstić information content (AvgIpc) is 3.13. The molecule has 2 aromatic rings. The van der Waals surface area contributed by atoms with E-state index in [4.69, 9.17) is 9.47 Å². The Kier molecular flexibility index (Phi) is 5.41. The molecule has 0 aliphatic carbocycles. The molecular weight excluding hydrogens is 380 g/mol. The number of carbonyl (C=O) groups is 2. The number of benzene rings is 2. The Morgan fingerprint density at radius 1 is 1.13 bits per heavy atom. The van der Waals surface area contributed by atoms with Gasteiger partial charge in [-0.25, -0.2) is 0 Å². The molecule has 1 unspecified atom stereocenters. The second kappa shape index (κ2) is 8.01. The number of hydrogen-bond donors (Lipinski definition) is 1. The van der Waals surface area contributed by atoms with Crippen molar-refractivity contribution in [2.45, 2.75) is 32.6 Å². The molecule has 6 nitrogen and oxygen atoms in total. The predicted octanol–water partition coefficient (Wildman–Crippen LogP) is 3.21. The Balaban J connectivity index is 1.39. The molecule has 6 heteroatoms. The van der Waals surface area contributed by atoms with Crippen molar-refractivity contribution in [2.24, 2.45) is 5.92 Å².